The second-order valence-electron chi connectivity index (χ2n) is 8.03. The highest BCUT2D eigenvalue weighted by atomic mass is 32.1. The maximum Gasteiger partial charge on any atom is 0.274 e. The molecule has 2 aromatic heterocycles. The second kappa shape index (κ2) is 10.4. The molecule has 4 rings (SSSR count). The molecule has 0 N–H and O–H groups in total. The molecule has 2 amide bonds. The summed E-state index contributed by atoms with van der Waals surface area (Å²) in [5, 5.41) is 6.29. The van der Waals surface area contributed by atoms with E-state index in [0.29, 0.717) is 51.5 Å². The fourth-order valence-corrected chi connectivity index (χ4v) is 4.79. The number of likely N-dealkylation sites (N-methyl/N-ethyl adjacent to an activating group) is 1. The van der Waals surface area contributed by atoms with E-state index in [4.69, 9.17) is 0 Å². The van der Waals surface area contributed by atoms with Crippen LogP contribution in [0.3, 0.4) is 0 Å². The molecule has 1 aliphatic heterocycles. The number of carbonyl (C=O) groups is 2. The van der Waals surface area contributed by atoms with Gasteiger partial charge in [0.15, 0.2) is 11.5 Å². The molecule has 0 bridgehead atoms. The fraction of sp³-hybridized carbons (Fsp3) is 0.375. The predicted molar refractivity (Wildman–Crippen MR) is 127 cm³/mol. The van der Waals surface area contributed by atoms with Crippen LogP contribution < -0.4 is 0 Å². The third-order valence-corrected chi connectivity index (χ3v) is 6.87. The van der Waals surface area contributed by atoms with E-state index >= 15 is 0 Å². The summed E-state index contributed by atoms with van der Waals surface area (Å²) in [4.78, 5) is 32.0. The van der Waals surface area contributed by atoms with Gasteiger partial charge in [0.25, 0.3) is 5.91 Å². The summed E-state index contributed by atoms with van der Waals surface area (Å²) < 4.78 is 29.4. The summed E-state index contributed by atoms with van der Waals surface area (Å²) in [6.07, 6.45) is 0. The van der Waals surface area contributed by atoms with Gasteiger partial charge in [-0.1, -0.05) is 6.07 Å². The number of carbonyl (C=O) groups excluding carboxylic acids is 2. The Hall–Kier alpha value is -3.11. The standard InChI is InChI=1S/C24H27F2N5O2S/c1-3-29(4-2)23(32)16-28-9-11-30(12-10-28)24(33)19-15-21(22-6-5-13-34-22)31(27-19)20-8-7-17(25)14-18(20)26/h5-8,13-15H,3-4,9-12,16H2,1-2H3. The lowest BCUT2D eigenvalue weighted by atomic mass is 10.2. The van der Waals surface area contributed by atoms with Crippen LogP contribution >= 0.6 is 11.3 Å². The second-order valence-corrected chi connectivity index (χ2v) is 8.98. The van der Waals surface area contributed by atoms with E-state index in [1.165, 1.54) is 28.2 Å². The van der Waals surface area contributed by atoms with Crippen molar-refractivity contribution >= 4 is 23.2 Å². The minimum Gasteiger partial charge on any atom is -0.342 e. The van der Waals surface area contributed by atoms with Crippen molar-refractivity contribution in [3.05, 3.63) is 59.1 Å². The Kier molecular flexibility index (Phi) is 7.38. The average molecular weight is 488 g/mol. The molecule has 0 unspecified atom stereocenters. The minimum absolute atomic E-state index is 0.0728. The Morgan fingerprint density at radius 2 is 1.79 bits per heavy atom. The van der Waals surface area contributed by atoms with E-state index in [-0.39, 0.29) is 23.2 Å². The Labute approximate surface area is 201 Å². The number of benzene rings is 1. The molecule has 1 aromatic carbocycles. The molecule has 1 aliphatic rings. The molecule has 34 heavy (non-hydrogen) atoms. The first-order chi connectivity index (χ1) is 16.4. The summed E-state index contributed by atoms with van der Waals surface area (Å²) in [5.41, 5.74) is 0.829. The van der Waals surface area contributed by atoms with Gasteiger partial charge in [0.05, 0.1) is 17.1 Å². The minimum atomic E-state index is -0.758. The number of piperazine rings is 1. The summed E-state index contributed by atoms with van der Waals surface area (Å²) in [6, 6.07) is 8.65. The molecule has 1 saturated heterocycles. The molecule has 0 saturated carbocycles. The molecular weight excluding hydrogens is 460 g/mol. The first-order valence-corrected chi connectivity index (χ1v) is 12.2. The van der Waals surface area contributed by atoms with Crippen LogP contribution in [-0.2, 0) is 4.79 Å². The zero-order valence-electron chi connectivity index (χ0n) is 19.2. The van der Waals surface area contributed by atoms with Crippen molar-refractivity contribution in [1.82, 2.24) is 24.5 Å². The van der Waals surface area contributed by atoms with E-state index in [9.17, 15) is 18.4 Å². The zero-order valence-corrected chi connectivity index (χ0v) is 20.0. The van der Waals surface area contributed by atoms with Crippen molar-refractivity contribution in [3.8, 4) is 16.3 Å². The lowest BCUT2D eigenvalue weighted by Gasteiger charge is -2.34. The molecule has 180 valence electrons. The Bertz CT molecular complexity index is 1150. The molecular formula is C24H27F2N5O2S. The average Bonchev–Trinajstić information content (AvgIpc) is 3.50. The molecule has 0 aliphatic carbocycles. The molecule has 3 aromatic rings. The number of rotatable bonds is 7. The number of halogens is 2. The van der Waals surface area contributed by atoms with Crippen LogP contribution in [0, 0.1) is 11.6 Å². The van der Waals surface area contributed by atoms with Gasteiger partial charge in [-0.05, 0) is 43.5 Å². The van der Waals surface area contributed by atoms with Gasteiger partial charge >= 0.3 is 0 Å². The first kappa shape index (κ1) is 24.0. The van der Waals surface area contributed by atoms with E-state index in [2.05, 4.69) is 5.10 Å². The molecule has 0 radical (unpaired) electrons. The smallest absolute Gasteiger partial charge is 0.274 e. The SMILES string of the molecule is CCN(CC)C(=O)CN1CCN(C(=O)c2cc(-c3cccs3)n(-c3ccc(F)cc3F)n2)CC1. The van der Waals surface area contributed by atoms with E-state index < -0.39 is 11.6 Å². The summed E-state index contributed by atoms with van der Waals surface area (Å²) in [5.74, 6) is -1.61. The molecule has 10 heteroatoms. The lowest BCUT2D eigenvalue weighted by Crippen LogP contribution is -2.51. The number of thiophene rings is 1. The maximum atomic E-state index is 14.5. The van der Waals surface area contributed by atoms with Crippen molar-refractivity contribution in [2.45, 2.75) is 13.8 Å². The monoisotopic (exact) mass is 487 g/mol. The molecule has 1 fully saturated rings. The van der Waals surface area contributed by atoms with E-state index in [1.54, 1.807) is 15.9 Å². The Morgan fingerprint density at radius 1 is 1.06 bits per heavy atom. The van der Waals surface area contributed by atoms with Crippen LogP contribution in [-0.4, -0.2) is 82.1 Å². The third-order valence-electron chi connectivity index (χ3n) is 5.97. The lowest BCUT2D eigenvalue weighted by molar-refractivity contribution is -0.132. The number of aromatic nitrogens is 2. The van der Waals surface area contributed by atoms with Gasteiger partial charge in [0, 0.05) is 45.3 Å². The number of hydrogen-bond acceptors (Lipinski definition) is 5. The van der Waals surface area contributed by atoms with Gasteiger partial charge < -0.3 is 9.80 Å². The van der Waals surface area contributed by atoms with Crippen LogP contribution in [0.4, 0.5) is 8.78 Å². The highest BCUT2D eigenvalue weighted by molar-refractivity contribution is 7.13. The highest BCUT2D eigenvalue weighted by Crippen LogP contribution is 2.29. The quantitative estimate of drug-likeness (QED) is 0.512. The van der Waals surface area contributed by atoms with Crippen LogP contribution in [0.15, 0.2) is 41.8 Å². The number of nitrogens with zero attached hydrogens (tertiary/aromatic N) is 5. The first-order valence-electron chi connectivity index (χ1n) is 11.3. The van der Waals surface area contributed by atoms with Crippen molar-refractivity contribution in [2.24, 2.45) is 0 Å². The van der Waals surface area contributed by atoms with Crippen LogP contribution in [0.1, 0.15) is 24.3 Å². The van der Waals surface area contributed by atoms with Crippen molar-refractivity contribution in [3.63, 3.8) is 0 Å². The molecule has 3 heterocycles. The third kappa shape index (κ3) is 5.02. The summed E-state index contributed by atoms with van der Waals surface area (Å²) in [6.45, 7) is 7.72. The van der Waals surface area contributed by atoms with Crippen LogP contribution in [0.5, 0.6) is 0 Å². The predicted octanol–water partition coefficient (Wildman–Crippen LogP) is 3.51. The van der Waals surface area contributed by atoms with Crippen molar-refractivity contribution in [1.29, 1.82) is 0 Å². The van der Waals surface area contributed by atoms with Gasteiger partial charge in [-0.15, -0.1) is 11.3 Å². The van der Waals surface area contributed by atoms with Crippen LogP contribution in [0.2, 0.25) is 0 Å². The van der Waals surface area contributed by atoms with E-state index in [1.807, 2.05) is 36.3 Å². The molecule has 0 spiro atoms. The molecule has 7 nitrogen and oxygen atoms in total. The van der Waals surface area contributed by atoms with Gasteiger partial charge in [0.1, 0.15) is 11.5 Å². The summed E-state index contributed by atoms with van der Waals surface area (Å²) in [7, 11) is 0. The molecule has 0 atom stereocenters. The van der Waals surface area contributed by atoms with Gasteiger partial charge in [-0.3, -0.25) is 14.5 Å². The van der Waals surface area contributed by atoms with Crippen LogP contribution in [0.25, 0.3) is 16.3 Å². The van der Waals surface area contributed by atoms with Crippen molar-refractivity contribution < 1.29 is 18.4 Å². The maximum absolute atomic E-state index is 14.5. The van der Waals surface area contributed by atoms with E-state index in [0.717, 1.165) is 10.9 Å². The highest BCUT2D eigenvalue weighted by Gasteiger charge is 2.27. The fourth-order valence-electron chi connectivity index (χ4n) is 4.06. The van der Waals surface area contributed by atoms with Crippen molar-refractivity contribution in [2.75, 3.05) is 45.8 Å². The summed E-state index contributed by atoms with van der Waals surface area (Å²) >= 11 is 1.44. The largest absolute Gasteiger partial charge is 0.342 e. The number of amides is 2. The Balaban J connectivity index is 1.52. The number of hydrogen-bond donors (Lipinski definition) is 0. The zero-order chi connectivity index (χ0) is 24.2. The van der Waals surface area contributed by atoms with Gasteiger partial charge in [-0.25, -0.2) is 13.5 Å². The Morgan fingerprint density at radius 3 is 2.41 bits per heavy atom. The normalized spacial score (nSPS) is 14.4. The van der Waals surface area contributed by atoms with Gasteiger partial charge in [-0.2, -0.15) is 5.10 Å². The topological polar surface area (TPSA) is 61.7 Å². The van der Waals surface area contributed by atoms with Gasteiger partial charge in [0.2, 0.25) is 5.91 Å².